The highest BCUT2D eigenvalue weighted by molar-refractivity contribution is 6.33. The molecule has 2 aliphatic carbocycles. The van der Waals surface area contributed by atoms with Crippen molar-refractivity contribution >= 4 is 40.3 Å². The summed E-state index contributed by atoms with van der Waals surface area (Å²) in [5, 5.41) is 16.2. The number of aryl methyl sites for hydroxylation is 1. The molecule has 0 bridgehead atoms. The number of anilines is 1. The van der Waals surface area contributed by atoms with Crippen molar-refractivity contribution < 1.29 is 19.1 Å². The van der Waals surface area contributed by atoms with Gasteiger partial charge in [0.2, 0.25) is 5.91 Å². The minimum absolute atomic E-state index is 0.151. The van der Waals surface area contributed by atoms with Crippen LogP contribution in [0.2, 0.25) is 5.02 Å². The summed E-state index contributed by atoms with van der Waals surface area (Å²) < 4.78 is 17.3. The lowest BCUT2D eigenvalue weighted by Gasteiger charge is -2.29. The van der Waals surface area contributed by atoms with Gasteiger partial charge in [-0.2, -0.15) is 0 Å². The average molecular weight is 540 g/mol. The quantitative estimate of drug-likeness (QED) is 0.435. The summed E-state index contributed by atoms with van der Waals surface area (Å²) in [6, 6.07) is 4.84. The van der Waals surface area contributed by atoms with E-state index in [1.165, 1.54) is 12.3 Å². The van der Waals surface area contributed by atoms with Crippen LogP contribution in [0.1, 0.15) is 64.6 Å². The van der Waals surface area contributed by atoms with Gasteiger partial charge in [-0.1, -0.05) is 18.0 Å². The zero-order valence-electron chi connectivity index (χ0n) is 21.5. The lowest BCUT2D eigenvalue weighted by molar-refractivity contribution is -0.133. The minimum Gasteiger partial charge on any atom is -0.380 e. The maximum absolute atomic E-state index is 15.2. The van der Waals surface area contributed by atoms with E-state index in [2.05, 4.69) is 39.0 Å². The second-order valence-electron chi connectivity index (χ2n) is 11.6. The number of halogens is 2. The molecule has 200 valence electrons. The van der Waals surface area contributed by atoms with E-state index in [9.17, 15) is 14.7 Å². The first-order valence-corrected chi connectivity index (χ1v) is 13.6. The molecular weight excluding hydrogens is 509 g/mol. The molecule has 1 aliphatic heterocycles. The second kappa shape index (κ2) is 9.02. The molecule has 2 fully saturated rings. The lowest BCUT2D eigenvalue weighted by atomic mass is 9.85. The van der Waals surface area contributed by atoms with E-state index < -0.39 is 11.4 Å². The fourth-order valence-corrected chi connectivity index (χ4v) is 6.11. The molecule has 10 heteroatoms. The van der Waals surface area contributed by atoms with Crippen LogP contribution in [0.15, 0.2) is 24.4 Å². The third-order valence-corrected chi connectivity index (χ3v) is 8.59. The molecule has 38 heavy (non-hydrogen) atoms. The Hall–Kier alpha value is -3.04. The van der Waals surface area contributed by atoms with Crippen molar-refractivity contribution in [3.05, 3.63) is 41.1 Å². The Bertz CT molecular complexity index is 1460. The van der Waals surface area contributed by atoms with Crippen LogP contribution in [0.3, 0.4) is 0 Å². The number of pyridine rings is 1. The van der Waals surface area contributed by atoms with Crippen molar-refractivity contribution in [1.29, 1.82) is 0 Å². The number of rotatable bonds is 5. The van der Waals surface area contributed by atoms with Gasteiger partial charge < -0.3 is 20.3 Å². The number of carbonyl (C=O) groups is 2. The van der Waals surface area contributed by atoms with Crippen molar-refractivity contribution in [2.75, 3.05) is 5.32 Å². The number of fused-ring (bicyclic) bond motifs is 3. The van der Waals surface area contributed by atoms with E-state index in [0.29, 0.717) is 53.2 Å². The standard InChI is InChI=1S/C28H31ClFN5O3/c1-27(2)7-6-23-34-24-20(30)11-16(12-21(24)35(23)27)18-13-22(31-14-19(18)29)33-25(36)15-4-3-5-17(10-15)32-26(37)28(38)8-9-28/h11-15,17,38H,3-10H2,1-2H3,(H,32,37)(H,31,33,36). The Labute approximate surface area is 225 Å². The molecule has 2 saturated carbocycles. The lowest BCUT2D eigenvalue weighted by Crippen LogP contribution is -2.45. The Morgan fingerprint density at radius 3 is 2.74 bits per heavy atom. The SMILES string of the molecule is CC1(C)CCc2nc3c(F)cc(-c4cc(NC(=O)C5CCCC(NC(=O)C6(O)CC6)C5)ncc4Cl)cc3n21. The van der Waals surface area contributed by atoms with Crippen molar-refractivity contribution in [1.82, 2.24) is 19.9 Å². The van der Waals surface area contributed by atoms with Gasteiger partial charge in [0.1, 0.15) is 22.8 Å². The smallest absolute Gasteiger partial charge is 0.252 e. The molecule has 3 heterocycles. The van der Waals surface area contributed by atoms with Gasteiger partial charge in [-0.25, -0.2) is 14.4 Å². The van der Waals surface area contributed by atoms with Crippen LogP contribution in [-0.4, -0.2) is 43.1 Å². The number of imidazole rings is 1. The Kier molecular flexibility index (Phi) is 5.99. The maximum Gasteiger partial charge on any atom is 0.252 e. The van der Waals surface area contributed by atoms with Crippen LogP contribution >= 0.6 is 11.6 Å². The monoisotopic (exact) mass is 539 g/mol. The van der Waals surface area contributed by atoms with Crippen LogP contribution in [0.25, 0.3) is 22.2 Å². The summed E-state index contributed by atoms with van der Waals surface area (Å²) in [6.07, 6.45) is 6.94. The molecule has 2 atom stereocenters. The predicted molar refractivity (Wildman–Crippen MR) is 142 cm³/mol. The average Bonchev–Trinajstić information content (AvgIpc) is 3.40. The second-order valence-corrected chi connectivity index (χ2v) is 12.0. The van der Waals surface area contributed by atoms with Gasteiger partial charge in [-0.15, -0.1) is 0 Å². The first kappa shape index (κ1) is 25.2. The zero-order valence-corrected chi connectivity index (χ0v) is 22.2. The van der Waals surface area contributed by atoms with Crippen molar-refractivity contribution in [3.8, 4) is 11.1 Å². The van der Waals surface area contributed by atoms with E-state index in [0.717, 1.165) is 37.0 Å². The van der Waals surface area contributed by atoms with Crippen molar-refractivity contribution in [2.45, 2.75) is 82.4 Å². The van der Waals surface area contributed by atoms with Gasteiger partial charge in [0.15, 0.2) is 5.82 Å². The van der Waals surface area contributed by atoms with E-state index in [4.69, 9.17) is 11.6 Å². The highest BCUT2D eigenvalue weighted by Crippen LogP contribution is 2.39. The van der Waals surface area contributed by atoms with Crippen LogP contribution in [0.4, 0.5) is 10.2 Å². The Morgan fingerprint density at radius 1 is 1.18 bits per heavy atom. The van der Waals surface area contributed by atoms with Crippen molar-refractivity contribution in [2.24, 2.45) is 5.92 Å². The van der Waals surface area contributed by atoms with Crippen LogP contribution in [0, 0.1) is 11.7 Å². The van der Waals surface area contributed by atoms with Crippen molar-refractivity contribution in [3.63, 3.8) is 0 Å². The third-order valence-electron chi connectivity index (χ3n) is 8.29. The van der Waals surface area contributed by atoms with Gasteiger partial charge in [0, 0.05) is 35.7 Å². The summed E-state index contributed by atoms with van der Waals surface area (Å²) in [5.41, 5.74) is 0.834. The fourth-order valence-electron chi connectivity index (χ4n) is 5.89. The van der Waals surface area contributed by atoms with Gasteiger partial charge in [-0.3, -0.25) is 9.59 Å². The molecule has 3 aromatic rings. The molecule has 2 unspecified atom stereocenters. The molecule has 2 amide bonds. The fraction of sp³-hybridized carbons (Fsp3) is 0.500. The number of hydrogen-bond donors (Lipinski definition) is 3. The number of amides is 2. The number of nitrogens with one attached hydrogen (secondary N) is 2. The van der Waals surface area contributed by atoms with E-state index in [-0.39, 0.29) is 29.3 Å². The molecule has 3 N–H and O–H groups in total. The zero-order chi connectivity index (χ0) is 26.8. The molecule has 8 nitrogen and oxygen atoms in total. The first-order chi connectivity index (χ1) is 18.0. The molecule has 3 aliphatic rings. The number of nitrogens with zero attached hydrogens (tertiary/aromatic N) is 3. The van der Waals surface area contributed by atoms with Crippen LogP contribution < -0.4 is 10.6 Å². The molecule has 6 rings (SSSR count). The summed E-state index contributed by atoms with van der Waals surface area (Å²) in [4.78, 5) is 34.2. The molecule has 2 aromatic heterocycles. The molecule has 0 saturated heterocycles. The molecule has 1 aromatic carbocycles. The number of hydrogen-bond acceptors (Lipinski definition) is 5. The largest absolute Gasteiger partial charge is 0.380 e. The summed E-state index contributed by atoms with van der Waals surface area (Å²) in [5.74, 6) is -0.0415. The summed E-state index contributed by atoms with van der Waals surface area (Å²) in [6.45, 7) is 4.24. The van der Waals surface area contributed by atoms with Gasteiger partial charge in [-0.05, 0) is 76.1 Å². The highest BCUT2D eigenvalue weighted by Gasteiger charge is 2.48. The number of aromatic nitrogens is 3. The Morgan fingerprint density at radius 2 is 1.97 bits per heavy atom. The molecule has 0 spiro atoms. The van der Waals surface area contributed by atoms with Gasteiger partial charge in [0.05, 0.1) is 10.5 Å². The van der Waals surface area contributed by atoms with Crippen LogP contribution in [0.5, 0.6) is 0 Å². The van der Waals surface area contributed by atoms with E-state index in [1.807, 2.05) is 6.07 Å². The normalized spacial score (nSPS) is 23.2. The number of benzene rings is 1. The Balaban J connectivity index is 1.22. The van der Waals surface area contributed by atoms with E-state index >= 15 is 4.39 Å². The number of aliphatic hydroxyl groups is 1. The first-order valence-electron chi connectivity index (χ1n) is 13.3. The summed E-state index contributed by atoms with van der Waals surface area (Å²) in [7, 11) is 0. The van der Waals surface area contributed by atoms with Crippen LogP contribution in [-0.2, 0) is 21.5 Å². The minimum atomic E-state index is -1.23. The molecular formula is C28H31ClFN5O3. The van der Waals surface area contributed by atoms with E-state index in [1.54, 1.807) is 6.07 Å². The summed E-state index contributed by atoms with van der Waals surface area (Å²) >= 11 is 6.50. The van der Waals surface area contributed by atoms with Gasteiger partial charge in [0.25, 0.3) is 5.91 Å². The maximum atomic E-state index is 15.2. The third kappa shape index (κ3) is 4.45. The topological polar surface area (TPSA) is 109 Å². The van der Waals surface area contributed by atoms with Gasteiger partial charge >= 0.3 is 0 Å². The number of carbonyl (C=O) groups excluding carboxylic acids is 2. The predicted octanol–water partition coefficient (Wildman–Crippen LogP) is 4.71. The molecule has 0 radical (unpaired) electrons. The highest BCUT2D eigenvalue weighted by atomic mass is 35.5.